The van der Waals surface area contributed by atoms with Crippen LogP contribution < -0.4 is 14.4 Å². The average molecular weight is 502 g/mol. The van der Waals surface area contributed by atoms with Crippen LogP contribution in [0.1, 0.15) is 62.7 Å². The first-order chi connectivity index (χ1) is 18.1. The Kier molecular flexibility index (Phi) is 7.22. The van der Waals surface area contributed by atoms with Gasteiger partial charge in [-0.15, -0.1) is 0 Å². The van der Waals surface area contributed by atoms with E-state index < -0.39 is 6.04 Å². The summed E-state index contributed by atoms with van der Waals surface area (Å²) in [4.78, 5) is 31.1. The van der Waals surface area contributed by atoms with Crippen LogP contribution in [0.25, 0.3) is 5.69 Å². The van der Waals surface area contributed by atoms with Crippen molar-refractivity contribution >= 4 is 17.5 Å². The molecular formula is C30H35N3O4. The molecule has 1 atom stereocenters. The van der Waals surface area contributed by atoms with Crippen molar-refractivity contribution in [2.24, 2.45) is 0 Å². The Bertz CT molecular complexity index is 1280. The SMILES string of the molecule is CCCCCC(=O)N(CC(=O)N1c2ccccc2-n2cccc2C1c1cc(OC)ccc1OC)C1CC1. The molecule has 2 aromatic carbocycles. The minimum absolute atomic E-state index is 0.0629. The maximum absolute atomic E-state index is 14.3. The molecule has 37 heavy (non-hydrogen) atoms. The standard InChI is InChI=1S/C30H35N3O4/c1-4-5-6-13-28(34)32(21-14-15-21)20-29(35)33-25-11-8-7-10-24(25)31-18-9-12-26(31)30(33)23-19-22(36-2)16-17-27(23)37-3/h7-12,16-19,21,30H,4-6,13-15,20H2,1-3H3. The molecule has 2 amide bonds. The van der Waals surface area contributed by atoms with Gasteiger partial charge >= 0.3 is 0 Å². The maximum Gasteiger partial charge on any atom is 0.247 e. The van der Waals surface area contributed by atoms with Gasteiger partial charge in [-0.25, -0.2) is 0 Å². The van der Waals surface area contributed by atoms with Gasteiger partial charge in [0.05, 0.1) is 31.3 Å². The number of para-hydroxylation sites is 2. The number of hydrogen-bond acceptors (Lipinski definition) is 4. The zero-order valence-corrected chi connectivity index (χ0v) is 21.9. The number of anilines is 1. The zero-order chi connectivity index (χ0) is 25.9. The molecule has 5 rings (SSSR count). The summed E-state index contributed by atoms with van der Waals surface area (Å²) < 4.78 is 13.4. The van der Waals surface area contributed by atoms with Crippen molar-refractivity contribution in [1.29, 1.82) is 0 Å². The third-order valence-corrected chi connectivity index (χ3v) is 7.33. The number of nitrogens with zero attached hydrogens (tertiary/aromatic N) is 3. The largest absolute Gasteiger partial charge is 0.497 e. The second-order valence-electron chi connectivity index (χ2n) is 9.78. The molecule has 2 aliphatic rings. The van der Waals surface area contributed by atoms with Crippen LogP contribution in [0.2, 0.25) is 0 Å². The van der Waals surface area contributed by atoms with E-state index >= 15 is 0 Å². The molecule has 1 unspecified atom stereocenters. The molecule has 1 aliphatic heterocycles. The zero-order valence-electron chi connectivity index (χ0n) is 21.9. The highest BCUT2D eigenvalue weighted by Crippen LogP contribution is 2.45. The summed E-state index contributed by atoms with van der Waals surface area (Å²) in [6.45, 7) is 2.19. The number of rotatable bonds is 10. The molecule has 2 heterocycles. The van der Waals surface area contributed by atoms with Gasteiger partial charge in [0.25, 0.3) is 0 Å². The Morgan fingerprint density at radius 2 is 1.76 bits per heavy atom. The molecule has 3 aromatic rings. The van der Waals surface area contributed by atoms with Crippen molar-refractivity contribution in [2.75, 3.05) is 25.7 Å². The number of carbonyl (C=O) groups excluding carboxylic acids is 2. The number of unbranched alkanes of at least 4 members (excludes halogenated alkanes) is 2. The predicted molar refractivity (Wildman–Crippen MR) is 144 cm³/mol. The van der Waals surface area contributed by atoms with Gasteiger partial charge in [-0.05, 0) is 61.7 Å². The molecule has 0 N–H and O–H groups in total. The number of aromatic nitrogens is 1. The van der Waals surface area contributed by atoms with Crippen LogP contribution in [0.15, 0.2) is 60.8 Å². The summed E-state index contributed by atoms with van der Waals surface area (Å²) in [5.41, 5.74) is 3.52. The fourth-order valence-electron chi connectivity index (χ4n) is 5.31. The molecular weight excluding hydrogens is 466 g/mol. The van der Waals surface area contributed by atoms with Gasteiger partial charge in [-0.3, -0.25) is 14.5 Å². The Labute approximate surface area is 218 Å². The molecule has 0 radical (unpaired) electrons. The highest BCUT2D eigenvalue weighted by atomic mass is 16.5. The Morgan fingerprint density at radius 3 is 2.46 bits per heavy atom. The molecule has 7 heteroatoms. The summed E-state index contributed by atoms with van der Waals surface area (Å²) in [5.74, 6) is 1.33. The van der Waals surface area contributed by atoms with E-state index in [0.29, 0.717) is 17.9 Å². The van der Waals surface area contributed by atoms with Crippen LogP contribution >= 0.6 is 0 Å². The van der Waals surface area contributed by atoms with Crippen LogP contribution in [0.3, 0.4) is 0 Å². The summed E-state index contributed by atoms with van der Waals surface area (Å²) in [7, 11) is 3.27. The molecule has 0 bridgehead atoms. The predicted octanol–water partition coefficient (Wildman–Crippen LogP) is 5.50. The molecule has 0 spiro atoms. The number of fused-ring (bicyclic) bond motifs is 3. The van der Waals surface area contributed by atoms with Crippen molar-refractivity contribution in [3.63, 3.8) is 0 Å². The minimum Gasteiger partial charge on any atom is -0.497 e. The van der Waals surface area contributed by atoms with E-state index in [4.69, 9.17) is 9.47 Å². The molecule has 1 saturated carbocycles. The molecule has 1 aliphatic carbocycles. The lowest BCUT2D eigenvalue weighted by Crippen LogP contribution is -2.47. The Morgan fingerprint density at radius 1 is 0.973 bits per heavy atom. The fourth-order valence-corrected chi connectivity index (χ4v) is 5.31. The minimum atomic E-state index is -0.446. The van der Waals surface area contributed by atoms with Gasteiger partial charge in [-0.1, -0.05) is 31.9 Å². The van der Waals surface area contributed by atoms with Crippen LogP contribution in [0.5, 0.6) is 11.5 Å². The summed E-state index contributed by atoms with van der Waals surface area (Å²) in [5, 5.41) is 0. The van der Waals surface area contributed by atoms with Gasteiger partial charge in [0.1, 0.15) is 24.1 Å². The van der Waals surface area contributed by atoms with Crippen molar-refractivity contribution in [3.8, 4) is 17.2 Å². The number of hydrogen-bond donors (Lipinski definition) is 0. The third kappa shape index (κ3) is 4.82. The topological polar surface area (TPSA) is 64.0 Å². The van der Waals surface area contributed by atoms with E-state index in [9.17, 15) is 9.59 Å². The second kappa shape index (κ2) is 10.7. The molecule has 7 nitrogen and oxygen atoms in total. The number of amides is 2. The lowest BCUT2D eigenvalue weighted by Gasteiger charge is -2.40. The van der Waals surface area contributed by atoms with Crippen LogP contribution in [0, 0.1) is 0 Å². The monoisotopic (exact) mass is 501 g/mol. The maximum atomic E-state index is 14.3. The summed E-state index contributed by atoms with van der Waals surface area (Å²) in [6, 6.07) is 17.3. The van der Waals surface area contributed by atoms with Gasteiger partial charge in [0.2, 0.25) is 11.8 Å². The molecule has 194 valence electrons. The van der Waals surface area contributed by atoms with Crippen LogP contribution in [0.4, 0.5) is 5.69 Å². The fraction of sp³-hybridized carbons (Fsp3) is 0.400. The average Bonchev–Trinajstić information content (AvgIpc) is 3.65. The molecule has 0 saturated heterocycles. The number of methoxy groups -OCH3 is 2. The Balaban J connectivity index is 1.57. The summed E-state index contributed by atoms with van der Waals surface area (Å²) in [6.07, 6.45) is 7.36. The number of benzene rings is 2. The first kappa shape index (κ1) is 24.9. The highest BCUT2D eigenvalue weighted by Gasteiger charge is 2.40. The summed E-state index contributed by atoms with van der Waals surface area (Å²) >= 11 is 0. The van der Waals surface area contributed by atoms with E-state index in [1.807, 2.05) is 70.6 Å². The van der Waals surface area contributed by atoms with Crippen molar-refractivity contribution < 1.29 is 19.1 Å². The van der Waals surface area contributed by atoms with E-state index in [1.54, 1.807) is 14.2 Å². The quantitative estimate of drug-likeness (QED) is 0.344. The first-order valence-electron chi connectivity index (χ1n) is 13.2. The first-order valence-corrected chi connectivity index (χ1v) is 13.2. The van der Waals surface area contributed by atoms with Gasteiger partial charge < -0.3 is 18.9 Å². The molecule has 1 fully saturated rings. The van der Waals surface area contributed by atoms with E-state index in [1.165, 1.54) is 0 Å². The Hall–Kier alpha value is -3.74. The van der Waals surface area contributed by atoms with Crippen molar-refractivity contribution in [3.05, 3.63) is 72.1 Å². The lowest BCUT2D eigenvalue weighted by atomic mass is 9.96. The third-order valence-electron chi connectivity index (χ3n) is 7.33. The van der Waals surface area contributed by atoms with Gasteiger partial charge in [-0.2, -0.15) is 0 Å². The number of ether oxygens (including phenoxy) is 2. The van der Waals surface area contributed by atoms with Gasteiger partial charge in [0.15, 0.2) is 0 Å². The van der Waals surface area contributed by atoms with Crippen LogP contribution in [-0.2, 0) is 9.59 Å². The van der Waals surface area contributed by atoms with E-state index in [-0.39, 0.29) is 24.4 Å². The smallest absolute Gasteiger partial charge is 0.247 e. The molecule has 1 aromatic heterocycles. The lowest BCUT2D eigenvalue weighted by molar-refractivity contribution is -0.136. The van der Waals surface area contributed by atoms with E-state index in [2.05, 4.69) is 11.5 Å². The van der Waals surface area contributed by atoms with Crippen LogP contribution in [-0.4, -0.2) is 48.1 Å². The van der Waals surface area contributed by atoms with E-state index in [0.717, 1.165) is 54.7 Å². The van der Waals surface area contributed by atoms with Crippen molar-refractivity contribution in [2.45, 2.75) is 57.5 Å². The van der Waals surface area contributed by atoms with Crippen molar-refractivity contribution in [1.82, 2.24) is 9.47 Å². The highest BCUT2D eigenvalue weighted by molar-refractivity contribution is 6.00. The number of carbonyl (C=O) groups is 2. The second-order valence-corrected chi connectivity index (χ2v) is 9.78. The van der Waals surface area contributed by atoms with Gasteiger partial charge in [0, 0.05) is 24.2 Å². The normalized spacial score (nSPS) is 16.1.